The highest BCUT2D eigenvalue weighted by Crippen LogP contribution is 2.27. The maximum Gasteiger partial charge on any atom is 0.263 e. The second kappa shape index (κ2) is 8.52. The Morgan fingerprint density at radius 1 is 1.03 bits per heavy atom. The van der Waals surface area contributed by atoms with E-state index in [9.17, 15) is 17.6 Å². The lowest BCUT2D eigenvalue weighted by atomic mass is 10.2. The number of aryl methyl sites for hydroxylation is 1. The molecule has 29 heavy (non-hydrogen) atoms. The summed E-state index contributed by atoms with van der Waals surface area (Å²) in [6.07, 6.45) is 0. The van der Waals surface area contributed by atoms with Gasteiger partial charge in [0.2, 0.25) is 0 Å². The highest BCUT2D eigenvalue weighted by atomic mass is 79.9. The van der Waals surface area contributed by atoms with Crippen LogP contribution in [-0.2, 0) is 10.0 Å². The molecule has 3 aromatic carbocycles. The molecule has 0 bridgehead atoms. The fourth-order valence-corrected chi connectivity index (χ4v) is 4.51. The Labute approximate surface area is 181 Å². The molecule has 150 valence electrons. The van der Waals surface area contributed by atoms with Gasteiger partial charge in [0, 0.05) is 10.0 Å². The van der Waals surface area contributed by atoms with Gasteiger partial charge < -0.3 is 5.32 Å². The Balaban J connectivity index is 1.91. The van der Waals surface area contributed by atoms with Crippen molar-refractivity contribution in [2.45, 2.75) is 11.8 Å². The van der Waals surface area contributed by atoms with Crippen LogP contribution in [0.1, 0.15) is 15.9 Å². The third-order valence-corrected chi connectivity index (χ3v) is 6.39. The maximum atomic E-state index is 14.0. The molecule has 3 rings (SSSR count). The quantitative estimate of drug-likeness (QED) is 0.481. The molecule has 0 saturated heterocycles. The molecule has 9 heteroatoms. The lowest BCUT2D eigenvalue weighted by Crippen LogP contribution is -2.17. The number of benzene rings is 3. The van der Waals surface area contributed by atoms with Gasteiger partial charge in [0.25, 0.3) is 15.9 Å². The largest absolute Gasteiger partial charge is 0.319 e. The summed E-state index contributed by atoms with van der Waals surface area (Å²) in [6.45, 7) is 1.76. The molecule has 0 aromatic heterocycles. The van der Waals surface area contributed by atoms with Gasteiger partial charge in [-0.2, -0.15) is 0 Å². The lowest BCUT2D eigenvalue weighted by molar-refractivity contribution is 0.102. The third-order valence-electron chi connectivity index (χ3n) is 4.05. The fraction of sp³-hybridized carbons (Fsp3) is 0.0500. The standard InChI is InChI=1S/C20H15BrClFN2O3S/c1-12-4-2-3-5-17(12)25-29(27,28)19-10-13(6-8-15(19)22)20(26)24-18-9-7-14(21)11-16(18)23/h2-11,25H,1H3,(H,24,26). The van der Waals surface area contributed by atoms with E-state index >= 15 is 0 Å². The van der Waals surface area contributed by atoms with Crippen molar-refractivity contribution in [2.24, 2.45) is 0 Å². The molecule has 2 N–H and O–H groups in total. The van der Waals surface area contributed by atoms with Crippen LogP contribution in [0.5, 0.6) is 0 Å². The van der Waals surface area contributed by atoms with Crippen molar-refractivity contribution in [3.63, 3.8) is 0 Å². The Bertz CT molecular complexity index is 1200. The van der Waals surface area contributed by atoms with E-state index in [2.05, 4.69) is 26.0 Å². The topological polar surface area (TPSA) is 75.3 Å². The first-order valence-electron chi connectivity index (χ1n) is 8.32. The number of nitrogens with one attached hydrogen (secondary N) is 2. The lowest BCUT2D eigenvalue weighted by Gasteiger charge is -2.13. The first-order valence-corrected chi connectivity index (χ1v) is 11.0. The first-order chi connectivity index (χ1) is 13.7. The van der Waals surface area contributed by atoms with Crippen LogP contribution in [0, 0.1) is 12.7 Å². The number of carbonyl (C=O) groups is 1. The average Bonchev–Trinajstić information content (AvgIpc) is 2.66. The minimum absolute atomic E-state index is 0.0156. The smallest absolute Gasteiger partial charge is 0.263 e. The van der Waals surface area contributed by atoms with Gasteiger partial charge in [-0.1, -0.05) is 45.7 Å². The molecule has 0 radical (unpaired) electrons. The molecular formula is C20H15BrClFN2O3S. The van der Waals surface area contributed by atoms with Crippen molar-refractivity contribution in [3.05, 3.63) is 87.1 Å². The van der Waals surface area contributed by atoms with E-state index in [-0.39, 0.29) is 21.2 Å². The van der Waals surface area contributed by atoms with Crippen LogP contribution in [0.2, 0.25) is 5.02 Å². The average molecular weight is 498 g/mol. The summed E-state index contributed by atoms with van der Waals surface area (Å²) in [5, 5.41) is 2.37. The van der Waals surface area contributed by atoms with Crippen LogP contribution < -0.4 is 10.0 Å². The number of anilines is 2. The molecule has 0 spiro atoms. The summed E-state index contributed by atoms with van der Waals surface area (Å²) < 4.78 is 42.6. The molecule has 0 aliphatic carbocycles. The molecular weight excluding hydrogens is 483 g/mol. The predicted octanol–water partition coefficient (Wildman–Crippen LogP) is 5.60. The highest BCUT2D eigenvalue weighted by molar-refractivity contribution is 9.10. The maximum absolute atomic E-state index is 14.0. The molecule has 0 heterocycles. The molecule has 0 aliphatic rings. The number of halogens is 3. The number of carbonyl (C=O) groups excluding carboxylic acids is 1. The molecule has 0 saturated carbocycles. The van der Waals surface area contributed by atoms with Gasteiger partial charge in [-0.25, -0.2) is 12.8 Å². The summed E-state index contributed by atoms with van der Waals surface area (Å²) in [6, 6.07) is 14.9. The zero-order valence-corrected chi connectivity index (χ0v) is 18.2. The fourth-order valence-electron chi connectivity index (χ4n) is 2.52. The number of para-hydroxylation sites is 1. The van der Waals surface area contributed by atoms with Crippen LogP contribution >= 0.6 is 27.5 Å². The molecule has 0 aliphatic heterocycles. The number of hydrogen-bond acceptors (Lipinski definition) is 3. The van der Waals surface area contributed by atoms with E-state index in [0.717, 1.165) is 11.6 Å². The van der Waals surface area contributed by atoms with Gasteiger partial charge in [-0.05, 0) is 55.0 Å². The minimum atomic E-state index is -4.05. The highest BCUT2D eigenvalue weighted by Gasteiger charge is 2.21. The SMILES string of the molecule is Cc1ccccc1NS(=O)(=O)c1cc(C(=O)Nc2ccc(Br)cc2F)ccc1Cl. The zero-order valence-electron chi connectivity index (χ0n) is 15.0. The molecule has 0 unspecified atom stereocenters. The number of amides is 1. The van der Waals surface area contributed by atoms with Crippen LogP contribution in [0.15, 0.2) is 70.0 Å². The van der Waals surface area contributed by atoms with Gasteiger partial charge in [-0.15, -0.1) is 0 Å². The number of hydrogen-bond donors (Lipinski definition) is 2. The number of sulfonamides is 1. The normalized spacial score (nSPS) is 11.2. The van der Waals surface area contributed by atoms with Crippen molar-refractivity contribution in [1.29, 1.82) is 0 Å². The Kier molecular flexibility index (Phi) is 6.26. The molecule has 5 nitrogen and oxygen atoms in total. The Morgan fingerprint density at radius 2 is 1.76 bits per heavy atom. The van der Waals surface area contributed by atoms with E-state index in [1.54, 1.807) is 37.3 Å². The van der Waals surface area contributed by atoms with Gasteiger partial charge in [0.1, 0.15) is 10.7 Å². The molecule has 1 amide bonds. The van der Waals surface area contributed by atoms with E-state index < -0.39 is 21.7 Å². The van der Waals surface area contributed by atoms with Crippen LogP contribution in [-0.4, -0.2) is 14.3 Å². The van der Waals surface area contributed by atoms with Gasteiger partial charge in [0.15, 0.2) is 0 Å². The molecule has 0 fully saturated rings. The first kappa shape index (κ1) is 21.3. The zero-order chi connectivity index (χ0) is 21.2. The summed E-state index contributed by atoms with van der Waals surface area (Å²) in [5.41, 5.74) is 1.11. The summed E-state index contributed by atoms with van der Waals surface area (Å²) in [7, 11) is -4.05. The molecule has 0 atom stereocenters. The van der Waals surface area contributed by atoms with Crippen molar-refractivity contribution >= 4 is 54.8 Å². The van der Waals surface area contributed by atoms with Crippen LogP contribution in [0.4, 0.5) is 15.8 Å². The van der Waals surface area contributed by atoms with Gasteiger partial charge >= 0.3 is 0 Å². The minimum Gasteiger partial charge on any atom is -0.319 e. The summed E-state index contributed by atoms with van der Waals surface area (Å²) in [5.74, 6) is -1.30. The van der Waals surface area contributed by atoms with Crippen molar-refractivity contribution in [3.8, 4) is 0 Å². The summed E-state index contributed by atoms with van der Waals surface area (Å²) >= 11 is 9.22. The van der Waals surface area contributed by atoms with Crippen LogP contribution in [0.25, 0.3) is 0 Å². The van der Waals surface area contributed by atoms with Crippen LogP contribution in [0.3, 0.4) is 0 Å². The second-order valence-corrected chi connectivity index (χ2v) is 9.12. The van der Waals surface area contributed by atoms with Crippen molar-refractivity contribution in [2.75, 3.05) is 10.0 Å². The van der Waals surface area contributed by atoms with E-state index in [0.29, 0.717) is 10.2 Å². The Morgan fingerprint density at radius 3 is 2.45 bits per heavy atom. The van der Waals surface area contributed by atoms with E-state index in [4.69, 9.17) is 11.6 Å². The second-order valence-electron chi connectivity index (χ2n) is 6.14. The third kappa shape index (κ3) is 4.95. The molecule has 3 aromatic rings. The van der Waals surface area contributed by atoms with Crippen molar-refractivity contribution < 1.29 is 17.6 Å². The summed E-state index contributed by atoms with van der Waals surface area (Å²) in [4.78, 5) is 12.2. The van der Waals surface area contributed by atoms with E-state index in [1.807, 2.05) is 0 Å². The number of rotatable bonds is 5. The van der Waals surface area contributed by atoms with Gasteiger partial charge in [0.05, 0.1) is 16.4 Å². The van der Waals surface area contributed by atoms with Crippen molar-refractivity contribution in [1.82, 2.24) is 0 Å². The predicted molar refractivity (Wildman–Crippen MR) is 115 cm³/mol. The Hall–Kier alpha value is -2.42. The van der Waals surface area contributed by atoms with E-state index in [1.165, 1.54) is 24.3 Å². The monoisotopic (exact) mass is 496 g/mol. The van der Waals surface area contributed by atoms with Gasteiger partial charge in [-0.3, -0.25) is 9.52 Å².